The highest BCUT2D eigenvalue weighted by Gasteiger charge is 2.21. The molecule has 0 unspecified atom stereocenters. The summed E-state index contributed by atoms with van der Waals surface area (Å²) in [5, 5.41) is 11.9. The molecule has 0 amide bonds. The summed E-state index contributed by atoms with van der Waals surface area (Å²) in [6.07, 6.45) is -0.392. The minimum atomic E-state index is -0.392. The summed E-state index contributed by atoms with van der Waals surface area (Å²) in [5.74, 6) is 0. The van der Waals surface area contributed by atoms with Crippen LogP contribution in [0.1, 0.15) is 20.8 Å². The lowest BCUT2D eigenvalue weighted by Crippen LogP contribution is -2.47. The molecule has 0 aromatic heterocycles. The molecule has 9 heavy (non-hydrogen) atoms. The van der Waals surface area contributed by atoms with Crippen LogP contribution >= 0.6 is 12.2 Å². The molecule has 3 heteroatoms. The predicted octanol–water partition coefficient (Wildman–Crippen LogP) is 0.693. The van der Waals surface area contributed by atoms with Gasteiger partial charge < -0.3 is 10.4 Å². The molecule has 0 fully saturated rings. The molecule has 0 aliphatic carbocycles. The second-order valence-electron chi connectivity index (χ2n) is 2.66. The first kappa shape index (κ1) is 8.85. The largest absolute Gasteiger partial charge is 0.391 e. The van der Waals surface area contributed by atoms with Gasteiger partial charge in [-0.1, -0.05) is 12.2 Å². The van der Waals surface area contributed by atoms with E-state index in [4.69, 9.17) is 5.11 Å². The first-order valence-corrected chi connectivity index (χ1v) is 3.37. The van der Waals surface area contributed by atoms with Gasteiger partial charge in [0.1, 0.15) is 0 Å². The van der Waals surface area contributed by atoms with E-state index in [0.29, 0.717) is 0 Å². The van der Waals surface area contributed by atoms with Gasteiger partial charge in [0.05, 0.1) is 17.1 Å². The van der Waals surface area contributed by atoms with Crippen molar-refractivity contribution < 1.29 is 5.11 Å². The zero-order valence-corrected chi connectivity index (χ0v) is 6.83. The molecule has 0 aliphatic heterocycles. The van der Waals surface area contributed by atoms with Crippen LogP contribution in [0.25, 0.3) is 0 Å². The van der Waals surface area contributed by atoms with Crippen molar-refractivity contribution >= 4 is 17.7 Å². The van der Waals surface area contributed by atoms with Crippen LogP contribution in [0.4, 0.5) is 0 Å². The SMILES string of the molecule is C[C@@H](O)C(C)(C)NC=S. The van der Waals surface area contributed by atoms with E-state index in [1.54, 1.807) is 6.92 Å². The molecule has 0 radical (unpaired) electrons. The number of aliphatic hydroxyl groups excluding tert-OH is 1. The molecule has 0 heterocycles. The van der Waals surface area contributed by atoms with Gasteiger partial charge in [-0.3, -0.25) is 0 Å². The van der Waals surface area contributed by atoms with Crippen molar-refractivity contribution in [2.45, 2.75) is 32.4 Å². The summed E-state index contributed by atoms with van der Waals surface area (Å²) >= 11 is 4.57. The quantitative estimate of drug-likeness (QED) is 0.576. The molecular formula is C6H13NOS. The van der Waals surface area contributed by atoms with Crippen LogP contribution < -0.4 is 5.32 Å². The average molecular weight is 147 g/mol. The van der Waals surface area contributed by atoms with E-state index in [0.717, 1.165) is 0 Å². The molecule has 2 N–H and O–H groups in total. The smallest absolute Gasteiger partial charge is 0.0736 e. The van der Waals surface area contributed by atoms with Crippen molar-refractivity contribution in [3.8, 4) is 0 Å². The van der Waals surface area contributed by atoms with Gasteiger partial charge in [-0.2, -0.15) is 0 Å². The molecule has 0 saturated carbocycles. The Morgan fingerprint density at radius 3 is 2.22 bits per heavy atom. The Hall–Kier alpha value is -0.150. The Balaban J connectivity index is 3.84. The fraction of sp³-hybridized carbons (Fsp3) is 0.833. The second kappa shape index (κ2) is 3.13. The number of hydrogen-bond donors (Lipinski definition) is 2. The van der Waals surface area contributed by atoms with Gasteiger partial charge in [0.15, 0.2) is 0 Å². The third kappa shape index (κ3) is 2.77. The van der Waals surface area contributed by atoms with Gasteiger partial charge >= 0.3 is 0 Å². The van der Waals surface area contributed by atoms with Gasteiger partial charge in [-0.25, -0.2) is 0 Å². The highest BCUT2D eigenvalue weighted by Crippen LogP contribution is 2.06. The molecule has 0 aliphatic rings. The van der Waals surface area contributed by atoms with E-state index in [1.165, 1.54) is 5.49 Å². The number of rotatable bonds is 3. The maximum Gasteiger partial charge on any atom is 0.0736 e. The Morgan fingerprint density at radius 1 is 1.67 bits per heavy atom. The van der Waals surface area contributed by atoms with Crippen LogP contribution in [-0.2, 0) is 0 Å². The van der Waals surface area contributed by atoms with E-state index in [2.05, 4.69) is 17.5 Å². The minimum absolute atomic E-state index is 0.304. The van der Waals surface area contributed by atoms with Crippen LogP contribution in [0.3, 0.4) is 0 Å². The molecular weight excluding hydrogens is 134 g/mol. The molecule has 54 valence electrons. The standard InChI is InChI=1S/C6H13NOS/c1-5(8)6(2,3)7-4-9/h4-5,8H,1-3H3,(H,7,9)/t5-/m1/s1. The van der Waals surface area contributed by atoms with Crippen LogP contribution in [0.2, 0.25) is 0 Å². The van der Waals surface area contributed by atoms with Gasteiger partial charge in [0.2, 0.25) is 0 Å². The first-order chi connectivity index (χ1) is 4.00. The van der Waals surface area contributed by atoms with E-state index in [-0.39, 0.29) is 5.54 Å². The van der Waals surface area contributed by atoms with E-state index >= 15 is 0 Å². The highest BCUT2D eigenvalue weighted by atomic mass is 32.1. The summed E-state index contributed by atoms with van der Waals surface area (Å²) in [7, 11) is 0. The Bertz CT molecular complexity index is 101. The summed E-state index contributed by atoms with van der Waals surface area (Å²) in [4.78, 5) is 0. The summed E-state index contributed by atoms with van der Waals surface area (Å²) in [6, 6.07) is 0. The van der Waals surface area contributed by atoms with E-state index in [1.807, 2.05) is 13.8 Å². The Labute approximate surface area is 61.3 Å². The molecule has 0 rings (SSSR count). The van der Waals surface area contributed by atoms with Gasteiger partial charge in [0, 0.05) is 0 Å². The van der Waals surface area contributed by atoms with Crippen molar-refractivity contribution in [1.82, 2.24) is 5.32 Å². The Morgan fingerprint density at radius 2 is 2.11 bits per heavy atom. The third-order valence-electron chi connectivity index (χ3n) is 1.48. The molecule has 0 saturated heterocycles. The fourth-order valence-electron chi connectivity index (χ4n) is 0.272. The lowest BCUT2D eigenvalue weighted by atomic mass is 10.00. The number of thiocarbonyl (C=S) groups is 1. The monoisotopic (exact) mass is 147 g/mol. The number of aliphatic hydroxyl groups is 1. The van der Waals surface area contributed by atoms with Gasteiger partial charge in [-0.15, -0.1) is 0 Å². The summed E-state index contributed by atoms with van der Waals surface area (Å²) in [6.45, 7) is 5.51. The topological polar surface area (TPSA) is 32.3 Å². The van der Waals surface area contributed by atoms with Gasteiger partial charge in [-0.05, 0) is 20.8 Å². The first-order valence-electron chi connectivity index (χ1n) is 2.90. The Kier molecular flexibility index (Phi) is 3.08. The van der Waals surface area contributed by atoms with Crippen molar-refractivity contribution in [3.63, 3.8) is 0 Å². The molecule has 0 spiro atoms. The van der Waals surface area contributed by atoms with Crippen LogP contribution in [0.5, 0.6) is 0 Å². The zero-order chi connectivity index (χ0) is 7.49. The van der Waals surface area contributed by atoms with Gasteiger partial charge in [0.25, 0.3) is 0 Å². The van der Waals surface area contributed by atoms with Crippen molar-refractivity contribution in [2.24, 2.45) is 0 Å². The average Bonchev–Trinajstić information content (AvgIpc) is 1.65. The predicted molar refractivity (Wildman–Crippen MR) is 42.6 cm³/mol. The maximum atomic E-state index is 9.08. The lowest BCUT2D eigenvalue weighted by Gasteiger charge is -2.27. The zero-order valence-electron chi connectivity index (χ0n) is 6.01. The fourth-order valence-corrected chi connectivity index (χ4v) is 0.576. The number of hydrogen-bond acceptors (Lipinski definition) is 2. The normalized spacial score (nSPS) is 14.7. The van der Waals surface area contributed by atoms with E-state index < -0.39 is 6.10 Å². The van der Waals surface area contributed by atoms with Crippen molar-refractivity contribution in [1.29, 1.82) is 0 Å². The molecule has 0 aromatic rings. The summed E-state index contributed by atoms with van der Waals surface area (Å²) < 4.78 is 0. The molecule has 0 aromatic carbocycles. The molecule has 0 bridgehead atoms. The minimum Gasteiger partial charge on any atom is -0.391 e. The van der Waals surface area contributed by atoms with E-state index in [9.17, 15) is 0 Å². The third-order valence-corrected chi connectivity index (χ3v) is 1.59. The molecule has 1 atom stereocenters. The van der Waals surface area contributed by atoms with Crippen molar-refractivity contribution in [3.05, 3.63) is 0 Å². The maximum absolute atomic E-state index is 9.08. The van der Waals surface area contributed by atoms with Crippen molar-refractivity contribution in [2.75, 3.05) is 0 Å². The summed E-state index contributed by atoms with van der Waals surface area (Å²) in [5.41, 5.74) is 1.12. The van der Waals surface area contributed by atoms with Crippen LogP contribution in [0, 0.1) is 0 Å². The second-order valence-corrected chi connectivity index (χ2v) is 2.90. The number of nitrogens with one attached hydrogen (secondary N) is 1. The van der Waals surface area contributed by atoms with Crippen LogP contribution in [0.15, 0.2) is 0 Å². The lowest BCUT2D eigenvalue weighted by molar-refractivity contribution is 0.111. The highest BCUT2D eigenvalue weighted by molar-refractivity contribution is 7.78. The molecule has 2 nitrogen and oxygen atoms in total. The van der Waals surface area contributed by atoms with Crippen LogP contribution in [-0.4, -0.2) is 22.2 Å².